The van der Waals surface area contributed by atoms with E-state index in [1.807, 2.05) is 0 Å². The largest absolute Gasteiger partial charge is 0.505 e. The van der Waals surface area contributed by atoms with Crippen LogP contribution in [0.2, 0.25) is 0 Å². The summed E-state index contributed by atoms with van der Waals surface area (Å²) < 4.78 is 9.55. The zero-order valence-corrected chi connectivity index (χ0v) is 18.6. The summed E-state index contributed by atoms with van der Waals surface area (Å²) in [7, 11) is 0. The van der Waals surface area contributed by atoms with Crippen LogP contribution in [0, 0.1) is 0 Å². The van der Waals surface area contributed by atoms with Crippen LogP contribution in [0.3, 0.4) is 0 Å². The second-order valence-electron chi connectivity index (χ2n) is 7.79. The molecule has 1 aliphatic heterocycles. The van der Waals surface area contributed by atoms with E-state index in [0.29, 0.717) is 6.42 Å². The molecule has 3 N–H and O–H groups in total. The lowest BCUT2D eigenvalue weighted by atomic mass is 10.1. The minimum absolute atomic E-state index is 0.245. The summed E-state index contributed by atoms with van der Waals surface area (Å²) in [4.78, 5) is 22.8. The smallest absolute Gasteiger partial charge is 0.377 e. The van der Waals surface area contributed by atoms with E-state index < -0.39 is 42.3 Å². The number of carbonyl (C=O) groups excluding carboxylic acids is 2. The molecule has 2 atom stereocenters. The van der Waals surface area contributed by atoms with Crippen molar-refractivity contribution in [2.75, 3.05) is 6.61 Å². The highest BCUT2D eigenvalue weighted by molar-refractivity contribution is 5.89. The number of aliphatic hydroxyl groups is 3. The molecule has 0 aromatic rings. The summed E-state index contributed by atoms with van der Waals surface area (Å²) in [6.07, 6.45) is 18.4. The lowest BCUT2D eigenvalue weighted by Gasteiger charge is -2.17. The molecule has 0 spiro atoms. The van der Waals surface area contributed by atoms with Gasteiger partial charge in [-0.2, -0.15) is 0 Å². The lowest BCUT2D eigenvalue weighted by molar-refractivity contribution is -0.154. The van der Waals surface area contributed by atoms with Gasteiger partial charge in [-0.25, -0.2) is 4.79 Å². The van der Waals surface area contributed by atoms with Crippen molar-refractivity contribution in [1.29, 1.82) is 0 Å². The molecule has 2 unspecified atom stereocenters. The Balaban J connectivity index is 1.96. The maximum absolute atomic E-state index is 11.7. The first-order valence-corrected chi connectivity index (χ1v) is 11.4. The number of hydrogen-bond acceptors (Lipinski definition) is 7. The normalized spacial score (nSPS) is 17.6. The summed E-state index contributed by atoms with van der Waals surface area (Å²) in [5, 5.41) is 28.5. The molecule has 0 bridgehead atoms. The minimum Gasteiger partial charge on any atom is -0.505 e. The zero-order chi connectivity index (χ0) is 22.9. The van der Waals surface area contributed by atoms with Crippen LogP contribution in [0.4, 0.5) is 0 Å². The number of carbonyl (C=O) groups is 2. The minimum atomic E-state index is -1.43. The first-order valence-electron chi connectivity index (χ1n) is 11.4. The topological polar surface area (TPSA) is 113 Å². The van der Waals surface area contributed by atoms with Crippen molar-refractivity contribution in [2.24, 2.45) is 0 Å². The van der Waals surface area contributed by atoms with Crippen LogP contribution >= 0.6 is 0 Å². The maximum Gasteiger partial charge on any atom is 0.377 e. The first kappa shape index (κ1) is 26.8. The van der Waals surface area contributed by atoms with Crippen molar-refractivity contribution < 1.29 is 34.4 Å². The molecule has 1 rings (SSSR count). The summed E-state index contributed by atoms with van der Waals surface area (Å²) in [5.74, 6) is -3.25. The molecule has 0 saturated heterocycles. The van der Waals surface area contributed by atoms with Gasteiger partial charge in [-0.15, -0.1) is 0 Å². The number of allylic oxidation sites excluding steroid dienone is 4. The van der Waals surface area contributed by atoms with Gasteiger partial charge in [-0.05, 0) is 38.5 Å². The van der Waals surface area contributed by atoms with Crippen LogP contribution in [-0.4, -0.2) is 46.1 Å². The van der Waals surface area contributed by atoms with Gasteiger partial charge in [0.05, 0.1) is 0 Å². The van der Waals surface area contributed by atoms with Gasteiger partial charge in [-0.3, -0.25) is 4.79 Å². The van der Waals surface area contributed by atoms with Crippen LogP contribution in [0.5, 0.6) is 0 Å². The molecule has 0 amide bonds. The molecule has 0 aromatic carbocycles. The maximum atomic E-state index is 11.7. The number of rotatable bonds is 17. The lowest BCUT2D eigenvalue weighted by Crippen LogP contribution is -2.33. The molecule has 0 saturated carbocycles. The van der Waals surface area contributed by atoms with E-state index >= 15 is 0 Å². The number of aliphatic hydroxyl groups excluding tert-OH is 3. The Morgan fingerprint density at radius 3 is 2.23 bits per heavy atom. The Morgan fingerprint density at radius 2 is 1.61 bits per heavy atom. The molecule has 7 heteroatoms. The summed E-state index contributed by atoms with van der Waals surface area (Å²) in [6.45, 7) is 1.79. The molecule has 7 nitrogen and oxygen atoms in total. The Kier molecular flexibility index (Phi) is 14.2. The van der Waals surface area contributed by atoms with Gasteiger partial charge < -0.3 is 24.8 Å². The van der Waals surface area contributed by atoms with Crippen LogP contribution in [0.15, 0.2) is 35.8 Å². The van der Waals surface area contributed by atoms with E-state index in [2.05, 4.69) is 36.0 Å². The van der Waals surface area contributed by atoms with Crippen LogP contribution < -0.4 is 0 Å². The molecule has 31 heavy (non-hydrogen) atoms. The second kappa shape index (κ2) is 16.4. The molecular weight excluding hydrogens is 400 g/mol. The van der Waals surface area contributed by atoms with Crippen molar-refractivity contribution >= 4 is 11.9 Å². The number of unbranched alkanes of at least 4 members (excludes halogenated alkanes) is 8. The number of hydrogen-bond donors (Lipinski definition) is 3. The highest BCUT2D eigenvalue weighted by Crippen LogP contribution is 2.21. The summed E-state index contributed by atoms with van der Waals surface area (Å²) in [6, 6.07) is 0. The van der Waals surface area contributed by atoms with Gasteiger partial charge in [0.2, 0.25) is 5.76 Å². The SMILES string of the molecule is CCCCCC=CCC=CCCCCCCCC(=O)OCC(O)C1OC(=O)C(O)=C1O. The third-order valence-electron chi connectivity index (χ3n) is 5.04. The molecular formula is C24H38O7. The molecule has 1 heterocycles. The van der Waals surface area contributed by atoms with Crippen molar-refractivity contribution in [1.82, 2.24) is 0 Å². The third-order valence-corrected chi connectivity index (χ3v) is 5.04. The Hall–Kier alpha value is -2.28. The predicted molar refractivity (Wildman–Crippen MR) is 118 cm³/mol. The number of esters is 2. The van der Waals surface area contributed by atoms with Gasteiger partial charge in [0.25, 0.3) is 0 Å². The van der Waals surface area contributed by atoms with Crippen LogP contribution in [0.1, 0.15) is 84.0 Å². The molecule has 1 aliphatic rings. The summed E-state index contributed by atoms with van der Waals surface area (Å²) in [5.41, 5.74) is 0. The number of cyclic esters (lactones) is 1. The highest BCUT2D eigenvalue weighted by atomic mass is 16.6. The van der Waals surface area contributed by atoms with Crippen LogP contribution in [-0.2, 0) is 19.1 Å². The van der Waals surface area contributed by atoms with Crippen LogP contribution in [0.25, 0.3) is 0 Å². The van der Waals surface area contributed by atoms with Gasteiger partial charge in [0.15, 0.2) is 11.9 Å². The van der Waals surface area contributed by atoms with Crippen molar-refractivity contribution in [3.63, 3.8) is 0 Å². The fourth-order valence-electron chi connectivity index (χ4n) is 3.15. The second-order valence-corrected chi connectivity index (χ2v) is 7.79. The van der Waals surface area contributed by atoms with Gasteiger partial charge >= 0.3 is 11.9 Å². The van der Waals surface area contributed by atoms with Gasteiger partial charge in [-0.1, -0.05) is 63.3 Å². The molecule has 0 aromatic heterocycles. The zero-order valence-electron chi connectivity index (χ0n) is 18.6. The fraction of sp³-hybridized carbons (Fsp3) is 0.667. The summed E-state index contributed by atoms with van der Waals surface area (Å²) >= 11 is 0. The van der Waals surface area contributed by atoms with Crippen molar-refractivity contribution in [3.05, 3.63) is 35.8 Å². The van der Waals surface area contributed by atoms with E-state index in [4.69, 9.17) is 4.74 Å². The van der Waals surface area contributed by atoms with E-state index in [-0.39, 0.29) is 6.42 Å². The Labute approximate surface area is 185 Å². The first-order chi connectivity index (χ1) is 15.0. The van der Waals surface area contributed by atoms with E-state index in [1.165, 1.54) is 25.7 Å². The molecule has 176 valence electrons. The third kappa shape index (κ3) is 11.6. The fourth-order valence-corrected chi connectivity index (χ4v) is 3.15. The highest BCUT2D eigenvalue weighted by Gasteiger charge is 2.39. The van der Waals surface area contributed by atoms with Gasteiger partial charge in [0.1, 0.15) is 12.7 Å². The van der Waals surface area contributed by atoms with Crippen molar-refractivity contribution in [2.45, 2.75) is 96.2 Å². The Morgan fingerprint density at radius 1 is 1.00 bits per heavy atom. The number of ether oxygens (including phenoxy) is 2. The average molecular weight is 439 g/mol. The standard InChI is InChI=1S/C24H38O7/c1-2-3-4-5-6-7-8-9-10-11-12-13-14-15-16-17-20(26)30-18-19(25)23-21(27)22(28)24(29)31-23/h6-7,9-10,19,23,25,27-28H,2-5,8,11-18H2,1H3. The Bertz CT molecular complexity index is 621. The molecule has 0 aliphatic carbocycles. The van der Waals surface area contributed by atoms with E-state index in [9.17, 15) is 24.9 Å². The molecule has 0 fully saturated rings. The van der Waals surface area contributed by atoms with Gasteiger partial charge in [0, 0.05) is 6.42 Å². The molecule has 0 radical (unpaired) electrons. The monoisotopic (exact) mass is 438 g/mol. The van der Waals surface area contributed by atoms with E-state index in [1.54, 1.807) is 0 Å². The van der Waals surface area contributed by atoms with Crippen molar-refractivity contribution in [3.8, 4) is 0 Å². The van der Waals surface area contributed by atoms with E-state index in [0.717, 1.165) is 38.5 Å². The average Bonchev–Trinajstić information content (AvgIpc) is 3.02. The predicted octanol–water partition coefficient (Wildman–Crippen LogP) is 4.96. The quantitative estimate of drug-likeness (QED) is 0.167.